The van der Waals surface area contributed by atoms with E-state index in [0.29, 0.717) is 24.0 Å². The van der Waals surface area contributed by atoms with E-state index in [0.717, 1.165) is 12.8 Å². The first-order valence-electron chi connectivity index (χ1n) is 5.82. The molecule has 2 atom stereocenters. The van der Waals surface area contributed by atoms with Gasteiger partial charge in [0.05, 0.1) is 12.3 Å². The van der Waals surface area contributed by atoms with Crippen LogP contribution in [0.2, 0.25) is 0 Å². The molecule has 2 unspecified atom stereocenters. The topological polar surface area (TPSA) is 100.0 Å². The zero-order chi connectivity index (χ0) is 12.4. The normalized spacial score (nSPS) is 23.4. The minimum absolute atomic E-state index is 0.0851. The number of hydrogen-bond acceptors (Lipinski definition) is 7. The van der Waals surface area contributed by atoms with Gasteiger partial charge in [0.15, 0.2) is 0 Å². The van der Waals surface area contributed by atoms with Crippen molar-refractivity contribution in [3.05, 3.63) is 24.5 Å². The van der Waals surface area contributed by atoms with Gasteiger partial charge in [0, 0.05) is 18.9 Å². The minimum atomic E-state index is -0.156. The van der Waals surface area contributed by atoms with Crippen LogP contribution >= 0.6 is 0 Å². The smallest absolute Gasteiger partial charge is 0.256 e. The molecule has 3 heterocycles. The van der Waals surface area contributed by atoms with E-state index < -0.39 is 0 Å². The molecule has 18 heavy (non-hydrogen) atoms. The molecule has 0 aliphatic carbocycles. The van der Waals surface area contributed by atoms with Crippen LogP contribution in [0.3, 0.4) is 0 Å². The van der Waals surface area contributed by atoms with Gasteiger partial charge in [0.1, 0.15) is 11.8 Å². The van der Waals surface area contributed by atoms with Gasteiger partial charge < -0.3 is 15.0 Å². The Balaban J connectivity index is 1.78. The molecule has 7 nitrogen and oxygen atoms in total. The van der Waals surface area contributed by atoms with Crippen LogP contribution < -0.4 is 5.73 Å². The Labute approximate surface area is 103 Å². The van der Waals surface area contributed by atoms with E-state index in [-0.39, 0.29) is 12.2 Å². The van der Waals surface area contributed by atoms with Crippen molar-refractivity contribution in [1.82, 2.24) is 20.1 Å². The highest BCUT2D eigenvalue weighted by atomic mass is 16.5. The third kappa shape index (κ3) is 2.09. The van der Waals surface area contributed by atoms with Gasteiger partial charge in [0.2, 0.25) is 5.82 Å². The van der Waals surface area contributed by atoms with Crippen LogP contribution in [-0.2, 0) is 4.74 Å². The monoisotopic (exact) mass is 247 g/mol. The van der Waals surface area contributed by atoms with Gasteiger partial charge in [0.25, 0.3) is 5.89 Å². The van der Waals surface area contributed by atoms with E-state index in [4.69, 9.17) is 15.0 Å². The van der Waals surface area contributed by atoms with Crippen molar-refractivity contribution >= 4 is 0 Å². The van der Waals surface area contributed by atoms with Crippen LogP contribution in [0.4, 0.5) is 0 Å². The average molecular weight is 247 g/mol. The van der Waals surface area contributed by atoms with Gasteiger partial charge in [-0.05, 0) is 12.8 Å². The lowest BCUT2D eigenvalue weighted by Gasteiger charge is -2.07. The van der Waals surface area contributed by atoms with Crippen molar-refractivity contribution < 1.29 is 9.26 Å². The summed E-state index contributed by atoms with van der Waals surface area (Å²) < 4.78 is 10.9. The second-order valence-corrected chi connectivity index (χ2v) is 4.11. The standard InChI is InChI=1S/C11H13N5O2/c12-5-7-1-2-9(17-7)11-15-10(16-18-11)8-6-13-3-4-14-8/h3-4,6-7,9H,1-2,5,12H2. The molecule has 2 aromatic rings. The number of nitrogens with zero attached hydrogens (tertiary/aromatic N) is 4. The molecule has 2 aromatic heterocycles. The van der Waals surface area contributed by atoms with Crippen LogP contribution in [0.25, 0.3) is 11.5 Å². The van der Waals surface area contributed by atoms with E-state index in [1.807, 2.05) is 0 Å². The fourth-order valence-corrected chi connectivity index (χ4v) is 1.95. The van der Waals surface area contributed by atoms with E-state index in [2.05, 4.69) is 20.1 Å². The van der Waals surface area contributed by atoms with Crippen LogP contribution in [0.5, 0.6) is 0 Å². The van der Waals surface area contributed by atoms with Crippen molar-refractivity contribution in [1.29, 1.82) is 0 Å². The first-order valence-corrected chi connectivity index (χ1v) is 5.82. The van der Waals surface area contributed by atoms with E-state index in [9.17, 15) is 0 Å². The molecule has 0 aromatic carbocycles. The molecule has 0 bridgehead atoms. The molecule has 0 spiro atoms. The molecule has 1 saturated heterocycles. The third-order valence-electron chi connectivity index (χ3n) is 2.88. The first-order chi connectivity index (χ1) is 8.86. The van der Waals surface area contributed by atoms with Crippen LogP contribution in [0.1, 0.15) is 24.8 Å². The Morgan fingerprint density at radius 1 is 1.33 bits per heavy atom. The summed E-state index contributed by atoms with van der Waals surface area (Å²) in [5.41, 5.74) is 6.14. The molecule has 7 heteroatoms. The molecule has 94 valence electrons. The van der Waals surface area contributed by atoms with Crippen LogP contribution in [-0.4, -0.2) is 32.8 Å². The van der Waals surface area contributed by atoms with Gasteiger partial charge in [-0.1, -0.05) is 5.16 Å². The maximum atomic E-state index is 5.69. The summed E-state index contributed by atoms with van der Waals surface area (Å²) in [7, 11) is 0. The van der Waals surface area contributed by atoms with Gasteiger partial charge in [-0.2, -0.15) is 4.98 Å². The average Bonchev–Trinajstić information content (AvgIpc) is 3.08. The van der Waals surface area contributed by atoms with E-state index in [1.54, 1.807) is 18.6 Å². The predicted molar refractivity (Wildman–Crippen MR) is 61.2 cm³/mol. The molecule has 0 saturated carbocycles. The number of ether oxygens (including phenoxy) is 1. The Morgan fingerprint density at radius 3 is 3.00 bits per heavy atom. The highest BCUT2D eigenvalue weighted by molar-refractivity contribution is 5.45. The summed E-state index contributed by atoms with van der Waals surface area (Å²) in [5.74, 6) is 0.907. The van der Waals surface area contributed by atoms with Crippen LogP contribution in [0.15, 0.2) is 23.1 Å². The molecular weight excluding hydrogens is 234 g/mol. The summed E-state index contributed by atoms with van der Waals surface area (Å²) in [6.07, 6.45) is 6.47. The second-order valence-electron chi connectivity index (χ2n) is 4.11. The van der Waals surface area contributed by atoms with Crippen molar-refractivity contribution in [3.8, 4) is 11.5 Å². The summed E-state index contributed by atoms with van der Waals surface area (Å²) in [4.78, 5) is 12.4. The van der Waals surface area contributed by atoms with Crippen molar-refractivity contribution in [2.75, 3.05) is 6.54 Å². The number of aromatic nitrogens is 4. The van der Waals surface area contributed by atoms with Gasteiger partial charge >= 0.3 is 0 Å². The Hall–Kier alpha value is -1.86. The highest BCUT2D eigenvalue weighted by Gasteiger charge is 2.30. The molecule has 3 rings (SSSR count). The lowest BCUT2D eigenvalue weighted by atomic mass is 10.2. The zero-order valence-electron chi connectivity index (χ0n) is 9.69. The summed E-state index contributed by atoms with van der Waals surface area (Å²) >= 11 is 0. The summed E-state index contributed by atoms with van der Waals surface area (Å²) in [5, 5.41) is 3.88. The maximum Gasteiger partial charge on any atom is 0.256 e. The fourth-order valence-electron chi connectivity index (χ4n) is 1.95. The highest BCUT2D eigenvalue weighted by Crippen LogP contribution is 2.31. The fraction of sp³-hybridized carbons (Fsp3) is 0.455. The Kier molecular flexibility index (Phi) is 2.99. The molecule has 0 amide bonds. The first kappa shape index (κ1) is 11.2. The quantitative estimate of drug-likeness (QED) is 0.852. The van der Waals surface area contributed by atoms with Crippen molar-refractivity contribution in [2.45, 2.75) is 25.0 Å². The maximum absolute atomic E-state index is 5.69. The third-order valence-corrected chi connectivity index (χ3v) is 2.88. The van der Waals surface area contributed by atoms with E-state index in [1.165, 1.54) is 0 Å². The van der Waals surface area contributed by atoms with Gasteiger partial charge in [-0.25, -0.2) is 4.98 Å². The second kappa shape index (κ2) is 4.79. The molecular formula is C11H13N5O2. The van der Waals surface area contributed by atoms with Crippen molar-refractivity contribution in [3.63, 3.8) is 0 Å². The molecule has 2 N–H and O–H groups in total. The molecule has 0 radical (unpaired) electrons. The summed E-state index contributed by atoms with van der Waals surface area (Å²) in [6.45, 7) is 0.516. The van der Waals surface area contributed by atoms with Crippen LogP contribution in [0, 0.1) is 0 Å². The number of nitrogens with two attached hydrogens (primary N) is 1. The number of hydrogen-bond donors (Lipinski definition) is 1. The van der Waals surface area contributed by atoms with Gasteiger partial charge in [-0.3, -0.25) is 4.98 Å². The van der Waals surface area contributed by atoms with Crippen molar-refractivity contribution in [2.24, 2.45) is 5.73 Å². The predicted octanol–water partition coefficient (Wildman–Crippen LogP) is 0.705. The number of rotatable bonds is 3. The minimum Gasteiger partial charge on any atom is -0.364 e. The Bertz CT molecular complexity index is 515. The molecule has 1 aliphatic heterocycles. The Morgan fingerprint density at radius 2 is 2.28 bits per heavy atom. The largest absolute Gasteiger partial charge is 0.364 e. The lowest BCUT2D eigenvalue weighted by Crippen LogP contribution is -2.18. The van der Waals surface area contributed by atoms with E-state index >= 15 is 0 Å². The molecule has 1 aliphatic rings. The summed E-state index contributed by atoms with van der Waals surface area (Å²) in [6, 6.07) is 0. The molecule has 1 fully saturated rings. The van der Waals surface area contributed by atoms with Gasteiger partial charge in [-0.15, -0.1) is 0 Å². The zero-order valence-corrected chi connectivity index (χ0v) is 9.69. The SMILES string of the molecule is NCC1CCC(c2nc(-c3cnccn3)no2)O1. The lowest BCUT2D eigenvalue weighted by molar-refractivity contribution is 0.0307.